The molecule has 2 rings (SSSR count). The maximum Gasteiger partial charge on any atom is 0.243 e. The fourth-order valence-corrected chi connectivity index (χ4v) is 2.81. The summed E-state index contributed by atoms with van der Waals surface area (Å²) >= 11 is 0. The molecule has 4 nitrogen and oxygen atoms in total. The van der Waals surface area contributed by atoms with E-state index in [0.29, 0.717) is 0 Å². The zero-order valence-corrected chi connectivity index (χ0v) is 13.6. The molecule has 2 amide bonds. The van der Waals surface area contributed by atoms with Gasteiger partial charge in [0.05, 0.1) is 6.54 Å². The van der Waals surface area contributed by atoms with Crippen LogP contribution in [0.1, 0.15) is 30.4 Å². The first-order valence-corrected chi connectivity index (χ1v) is 7.75. The Kier molecular flexibility index (Phi) is 5.36. The summed E-state index contributed by atoms with van der Waals surface area (Å²) in [6, 6.07) is 5.89. The summed E-state index contributed by atoms with van der Waals surface area (Å²) in [6.45, 7) is 4.02. The highest BCUT2D eigenvalue weighted by Crippen LogP contribution is 2.21. The third kappa shape index (κ3) is 3.97. The summed E-state index contributed by atoms with van der Waals surface area (Å²) in [6.07, 6.45) is 6.76. The monoisotopic (exact) mass is 300 g/mol. The van der Waals surface area contributed by atoms with E-state index in [9.17, 15) is 9.59 Å². The van der Waals surface area contributed by atoms with Gasteiger partial charge in [-0.3, -0.25) is 9.59 Å². The molecular weight excluding hydrogens is 276 g/mol. The Labute approximate surface area is 132 Å². The molecule has 118 valence electrons. The predicted octanol–water partition coefficient (Wildman–Crippen LogP) is 3.06. The third-order valence-electron chi connectivity index (χ3n) is 4.12. The second-order valence-corrected chi connectivity index (χ2v) is 5.99. The lowest BCUT2D eigenvalue weighted by Crippen LogP contribution is -2.39. The van der Waals surface area contributed by atoms with Crippen LogP contribution >= 0.6 is 0 Å². The molecule has 1 aromatic carbocycles. The van der Waals surface area contributed by atoms with Crippen LogP contribution in [0.2, 0.25) is 0 Å². The molecule has 0 aliphatic heterocycles. The average molecular weight is 300 g/mol. The molecule has 1 aliphatic rings. The first-order valence-electron chi connectivity index (χ1n) is 7.75. The van der Waals surface area contributed by atoms with Gasteiger partial charge in [-0.1, -0.05) is 30.4 Å². The first kappa shape index (κ1) is 16.3. The SMILES string of the molecule is Cc1cccc(C)c1NC(=O)CN(C)C(=O)[C@H]1CC=CCC1. The minimum Gasteiger partial charge on any atom is -0.336 e. The van der Waals surface area contributed by atoms with Crippen LogP contribution in [0.4, 0.5) is 5.69 Å². The minimum absolute atomic E-state index is 0.0167. The van der Waals surface area contributed by atoms with Crippen molar-refractivity contribution < 1.29 is 9.59 Å². The Morgan fingerprint density at radius 2 is 1.91 bits per heavy atom. The molecular formula is C18H24N2O2. The fourth-order valence-electron chi connectivity index (χ4n) is 2.81. The van der Waals surface area contributed by atoms with Crippen molar-refractivity contribution in [1.29, 1.82) is 0 Å². The molecule has 0 unspecified atom stereocenters. The van der Waals surface area contributed by atoms with Crippen LogP contribution in [-0.4, -0.2) is 30.3 Å². The van der Waals surface area contributed by atoms with Gasteiger partial charge in [0.1, 0.15) is 0 Å². The largest absolute Gasteiger partial charge is 0.336 e. The Balaban J connectivity index is 1.94. The van der Waals surface area contributed by atoms with Crippen molar-refractivity contribution in [3.8, 4) is 0 Å². The second-order valence-electron chi connectivity index (χ2n) is 5.99. The van der Waals surface area contributed by atoms with Crippen LogP contribution < -0.4 is 5.32 Å². The van der Waals surface area contributed by atoms with Crippen molar-refractivity contribution in [1.82, 2.24) is 4.90 Å². The zero-order valence-electron chi connectivity index (χ0n) is 13.6. The smallest absolute Gasteiger partial charge is 0.243 e. The highest BCUT2D eigenvalue weighted by Gasteiger charge is 2.23. The second kappa shape index (κ2) is 7.25. The standard InChI is InChI=1S/C18H24N2O2/c1-13-8-7-9-14(2)17(13)19-16(21)12-20(3)18(22)15-10-5-4-6-11-15/h4-5,7-9,15H,6,10-12H2,1-3H3,(H,19,21)/t15-/m0/s1. The van der Waals surface area contributed by atoms with Crippen LogP contribution in [0, 0.1) is 19.8 Å². The molecule has 0 bridgehead atoms. The molecule has 0 radical (unpaired) electrons. The summed E-state index contributed by atoms with van der Waals surface area (Å²) in [5.41, 5.74) is 2.90. The molecule has 0 spiro atoms. The maximum absolute atomic E-state index is 12.3. The number of likely N-dealkylation sites (N-methyl/N-ethyl adjacent to an activating group) is 1. The number of hydrogen-bond acceptors (Lipinski definition) is 2. The molecule has 1 N–H and O–H groups in total. The number of allylic oxidation sites excluding steroid dienone is 2. The molecule has 1 aromatic rings. The van der Waals surface area contributed by atoms with Crippen LogP contribution in [0.25, 0.3) is 0 Å². The number of carbonyl (C=O) groups is 2. The van der Waals surface area contributed by atoms with E-state index in [0.717, 1.165) is 36.1 Å². The molecule has 1 atom stereocenters. The van der Waals surface area contributed by atoms with Crippen LogP contribution in [0.15, 0.2) is 30.4 Å². The topological polar surface area (TPSA) is 49.4 Å². The number of nitrogens with zero attached hydrogens (tertiary/aromatic N) is 1. The highest BCUT2D eigenvalue weighted by atomic mass is 16.2. The average Bonchev–Trinajstić information content (AvgIpc) is 2.51. The number of amides is 2. The zero-order chi connectivity index (χ0) is 16.1. The van der Waals surface area contributed by atoms with Crippen molar-refractivity contribution in [3.63, 3.8) is 0 Å². The molecule has 0 heterocycles. The Morgan fingerprint density at radius 1 is 1.23 bits per heavy atom. The number of para-hydroxylation sites is 1. The Hall–Kier alpha value is -2.10. The fraction of sp³-hybridized carbons (Fsp3) is 0.444. The summed E-state index contributed by atoms with van der Waals surface area (Å²) in [5, 5.41) is 2.92. The number of carbonyl (C=O) groups excluding carboxylic acids is 2. The van der Waals surface area contributed by atoms with Gasteiger partial charge in [-0.2, -0.15) is 0 Å². The lowest BCUT2D eigenvalue weighted by molar-refractivity contribution is -0.137. The third-order valence-corrected chi connectivity index (χ3v) is 4.12. The lowest BCUT2D eigenvalue weighted by Gasteiger charge is -2.24. The van der Waals surface area contributed by atoms with Gasteiger partial charge in [0.15, 0.2) is 0 Å². The van der Waals surface area contributed by atoms with Crippen molar-refractivity contribution in [2.24, 2.45) is 5.92 Å². The van der Waals surface area contributed by atoms with E-state index in [1.165, 1.54) is 4.90 Å². The van der Waals surface area contributed by atoms with Gasteiger partial charge in [0.25, 0.3) is 0 Å². The number of rotatable bonds is 4. The summed E-state index contributed by atoms with van der Waals surface area (Å²) < 4.78 is 0. The van der Waals surface area contributed by atoms with Gasteiger partial charge >= 0.3 is 0 Å². The summed E-state index contributed by atoms with van der Waals surface area (Å²) in [7, 11) is 1.70. The van der Waals surface area contributed by atoms with Crippen LogP contribution in [0.3, 0.4) is 0 Å². The maximum atomic E-state index is 12.3. The summed E-state index contributed by atoms with van der Waals surface area (Å²) in [4.78, 5) is 26.1. The molecule has 0 saturated carbocycles. The number of nitrogens with one attached hydrogen (secondary N) is 1. The highest BCUT2D eigenvalue weighted by molar-refractivity contribution is 5.96. The predicted molar refractivity (Wildman–Crippen MR) is 88.7 cm³/mol. The summed E-state index contributed by atoms with van der Waals surface area (Å²) in [5.74, 6) is -0.0800. The van der Waals surface area contributed by atoms with Crippen molar-refractivity contribution in [2.75, 3.05) is 18.9 Å². The van der Waals surface area contributed by atoms with E-state index in [1.807, 2.05) is 32.0 Å². The molecule has 0 saturated heterocycles. The van der Waals surface area contributed by atoms with Crippen molar-refractivity contribution in [3.05, 3.63) is 41.5 Å². The Bertz CT molecular complexity index is 572. The van der Waals surface area contributed by atoms with Crippen LogP contribution in [0.5, 0.6) is 0 Å². The van der Waals surface area contributed by atoms with E-state index >= 15 is 0 Å². The molecule has 1 aliphatic carbocycles. The molecule has 0 fully saturated rings. The van der Waals surface area contributed by atoms with E-state index < -0.39 is 0 Å². The van der Waals surface area contributed by atoms with Gasteiger partial charge in [-0.05, 0) is 44.2 Å². The van der Waals surface area contributed by atoms with Gasteiger partial charge in [-0.15, -0.1) is 0 Å². The number of aryl methyl sites for hydroxylation is 2. The number of anilines is 1. The first-order chi connectivity index (χ1) is 10.5. The van der Waals surface area contributed by atoms with Gasteiger partial charge in [0, 0.05) is 18.7 Å². The minimum atomic E-state index is -0.153. The van der Waals surface area contributed by atoms with Crippen LogP contribution in [-0.2, 0) is 9.59 Å². The van der Waals surface area contributed by atoms with Crippen molar-refractivity contribution >= 4 is 17.5 Å². The van der Waals surface area contributed by atoms with Gasteiger partial charge in [0.2, 0.25) is 11.8 Å². The molecule has 0 aromatic heterocycles. The van der Waals surface area contributed by atoms with Gasteiger partial charge < -0.3 is 10.2 Å². The van der Waals surface area contributed by atoms with E-state index in [-0.39, 0.29) is 24.3 Å². The van der Waals surface area contributed by atoms with E-state index in [2.05, 4.69) is 17.5 Å². The molecule has 4 heteroatoms. The molecule has 22 heavy (non-hydrogen) atoms. The lowest BCUT2D eigenvalue weighted by atomic mass is 9.93. The van der Waals surface area contributed by atoms with E-state index in [1.54, 1.807) is 7.05 Å². The van der Waals surface area contributed by atoms with Gasteiger partial charge in [-0.25, -0.2) is 0 Å². The van der Waals surface area contributed by atoms with E-state index in [4.69, 9.17) is 0 Å². The van der Waals surface area contributed by atoms with Crippen molar-refractivity contribution in [2.45, 2.75) is 33.1 Å². The normalized spacial score (nSPS) is 17.1. The quantitative estimate of drug-likeness (QED) is 0.869. The number of hydrogen-bond donors (Lipinski definition) is 1. The number of benzene rings is 1. The Morgan fingerprint density at radius 3 is 2.50 bits per heavy atom.